The van der Waals surface area contributed by atoms with Crippen molar-refractivity contribution in [2.24, 2.45) is 0 Å². The zero-order valence-corrected chi connectivity index (χ0v) is 10.0. The first-order valence-corrected chi connectivity index (χ1v) is 5.32. The fourth-order valence-electron chi connectivity index (χ4n) is 0.708. The first-order valence-electron chi connectivity index (χ1n) is 5.32. The van der Waals surface area contributed by atoms with Crippen molar-refractivity contribution >= 4 is 0 Å². The quantitative estimate of drug-likeness (QED) is 0.392. The molecule has 0 spiro atoms. The van der Waals surface area contributed by atoms with Crippen LogP contribution in [0.4, 0.5) is 0 Å². The molecule has 0 aromatic heterocycles. The Morgan fingerprint density at radius 1 is 1.21 bits per heavy atom. The second-order valence-corrected chi connectivity index (χ2v) is 4.26. The molecule has 0 aromatic carbocycles. The molecule has 0 saturated carbocycles. The first kappa shape index (κ1) is 13.5. The van der Waals surface area contributed by atoms with Crippen LogP contribution in [0, 0.1) is 11.8 Å². The molecule has 0 fully saturated rings. The Morgan fingerprint density at radius 3 is 2.29 bits per heavy atom. The van der Waals surface area contributed by atoms with Crippen molar-refractivity contribution in [1.82, 2.24) is 0 Å². The predicted molar refractivity (Wildman–Crippen MR) is 58.7 cm³/mol. The Bertz CT molecular complexity index is 193. The van der Waals surface area contributed by atoms with Crippen LogP contribution in [0.2, 0.25) is 0 Å². The Balaban J connectivity index is 3.87. The van der Waals surface area contributed by atoms with Gasteiger partial charge in [-0.2, -0.15) is 0 Å². The molecule has 0 radical (unpaired) electrons. The van der Waals surface area contributed by atoms with E-state index >= 15 is 0 Å². The van der Waals surface area contributed by atoms with Crippen LogP contribution in [0.3, 0.4) is 0 Å². The standard InChI is InChI=1S/C12H22O2/c1-6-8-9-10-11(7-2)13-14-12(3,4)5/h11H,6-8H2,1-5H3. The van der Waals surface area contributed by atoms with Crippen LogP contribution in [-0.4, -0.2) is 11.7 Å². The molecule has 1 unspecified atom stereocenters. The summed E-state index contributed by atoms with van der Waals surface area (Å²) in [6, 6.07) is 0. The van der Waals surface area contributed by atoms with E-state index in [0.29, 0.717) is 0 Å². The van der Waals surface area contributed by atoms with Crippen molar-refractivity contribution in [2.45, 2.75) is 65.6 Å². The van der Waals surface area contributed by atoms with E-state index in [9.17, 15) is 0 Å². The van der Waals surface area contributed by atoms with Gasteiger partial charge >= 0.3 is 0 Å². The second kappa shape index (κ2) is 6.86. The Kier molecular flexibility index (Phi) is 6.61. The summed E-state index contributed by atoms with van der Waals surface area (Å²) in [5.74, 6) is 6.11. The molecule has 82 valence electrons. The Labute approximate surface area is 87.9 Å². The van der Waals surface area contributed by atoms with Gasteiger partial charge in [0.05, 0.1) is 5.60 Å². The Hall–Kier alpha value is -0.520. The monoisotopic (exact) mass is 198 g/mol. The highest BCUT2D eigenvalue weighted by Gasteiger charge is 2.14. The normalized spacial score (nSPS) is 13.2. The topological polar surface area (TPSA) is 18.5 Å². The molecule has 0 rings (SSSR count). The highest BCUT2D eigenvalue weighted by atomic mass is 17.2. The molecule has 2 heteroatoms. The molecule has 0 aromatic rings. The summed E-state index contributed by atoms with van der Waals surface area (Å²) < 4.78 is 0. The minimum atomic E-state index is -0.264. The van der Waals surface area contributed by atoms with Crippen LogP contribution in [0.5, 0.6) is 0 Å². The van der Waals surface area contributed by atoms with E-state index in [1.807, 2.05) is 27.7 Å². The maximum atomic E-state index is 5.23. The van der Waals surface area contributed by atoms with E-state index < -0.39 is 0 Å². The third-order valence-corrected chi connectivity index (χ3v) is 1.42. The average molecular weight is 198 g/mol. The molecule has 0 aliphatic heterocycles. The van der Waals surface area contributed by atoms with Gasteiger partial charge in [-0.25, -0.2) is 9.78 Å². The predicted octanol–water partition coefficient (Wildman–Crippen LogP) is 3.32. The lowest BCUT2D eigenvalue weighted by atomic mass is 10.2. The summed E-state index contributed by atoms with van der Waals surface area (Å²) in [6.07, 6.45) is 2.77. The average Bonchev–Trinajstić information content (AvgIpc) is 2.09. The molecule has 2 nitrogen and oxygen atoms in total. The van der Waals surface area contributed by atoms with Crippen LogP contribution in [0.15, 0.2) is 0 Å². The van der Waals surface area contributed by atoms with Crippen LogP contribution in [0.1, 0.15) is 53.9 Å². The molecule has 0 aliphatic carbocycles. The molecule has 0 heterocycles. The fraction of sp³-hybridized carbons (Fsp3) is 0.833. The van der Waals surface area contributed by atoms with Gasteiger partial charge in [-0.05, 0) is 33.6 Å². The van der Waals surface area contributed by atoms with Crippen LogP contribution < -0.4 is 0 Å². The minimum Gasteiger partial charge on any atom is -0.230 e. The van der Waals surface area contributed by atoms with Crippen molar-refractivity contribution in [3.05, 3.63) is 0 Å². The summed E-state index contributed by atoms with van der Waals surface area (Å²) in [6.45, 7) is 10.0. The largest absolute Gasteiger partial charge is 0.230 e. The third kappa shape index (κ3) is 8.10. The molecule has 0 saturated heterocycles. The lowest BCUT2D eigenvalue weighted by Gasteiger charge is -2.19. The van der Waals surface area contributed by atoms with Crippen LogP contribution in [-0.2, 0) is 9.78 Å². The zero-order chi connectivity index (χ0) is 11.0. The number of rotatable bonds is 4. The van der Waals surface area contributed by atoms with E-state index in [-0.39, 0.29) is 11.7 Å². The van der Waals surface area contributed by atoms with E-state index in [0.717, 1.165) is 19.3 Å². The highest BCUT2D eigenvalue weighted by molar-refractivity contribution is 5.04. The first-order chi connectivity index (χ1) is 6.49. The summed E-state index contributed by atoms with van der Waals surface area (Å²) in [5, 5.41) is 0. The lowest BCUT2D eigenvalue weighted by molar-refractivity contribution is -0.363. The van der Waals surface area contributed by atoms with E-state index in [4.69, 9.17) is 9.78 Å². The van der Waals surface area contributed by atoms with Gasteiger partial charge in [0.1, 0.15) is 0 Å². The molecule has 1 atom stereocenters. The van der Waals surface area contributed by atoms with E-state index in [1.165, 1.54) is 0 Å². The fourth-order valence-corrected chi connectivity index (χ4v) is 0.708. The van der Waals surface area contributed by atoms with Crippen molar-refractivity contribution < 1.29 is 9.78 Å². The van der Waals surface area contributed by atoms with Crippen molar-refractivity contribution in [3.8, 4) is 11.8 Å². The molecular formula is C12H22O2. The summed E-state index contributed by atoms with van der Waals surface area (Å²) in [4.78, 5) is 10.4. The smallest absolute Gasteiger partial charge is 0.153 e. The van der Waals surface area contributed by atoms with E-state index in [1.54, 1.807) is 0 Å². The van der Waals surface area contributed by atoms with Gasteiger partial charge in [0.15, 0.2) is 6.10 Å². The molecule has 0 amide bonds. The van der Waals surface area contributed by atoms with Gasteiger partial charge in [0, 0.05) is 6.42 Å². The van der Waals surface area contributed by atoms with Crippen LogP contribution in [0.25, 0.3) is 0 Å². The second-order valence-electron chi connectivity index (χ2n) is 4.26. The maximum absolute atomic E-state index is 5.23. The highest BCUT2D eigenvalue weighted by Crippen LogP contribution is 2.10. The van der Waals surface area contributed by atoms with Crippen molar-refractivity contribution in [2.75, 3.05) is 0 Å². The molecular weight excluding hydrogens is 176 g/mol. The zero-order valence-electron chi connectivity index (χ0n) is 10.0. The van der Waals surface area contributed by atoms with Gasteiger partial charge < -0.3 is 0 Å². The minimum absolute atomic E-state index is 0.0965. The SMILES string of the molecule is CCCC#CC(CC)OOC(C)(C)C. The molecule has 0 aliphatic rings. The van der Waals surface area contributed by atoms with Crippen LogP contribution >= 0.6 is 0 Å². The van der Waals surface area contributed by atoms with Crippen molar-refractivity contribution in [3.63, 3.8) is 0 Å². The third-order valence-electron chi connectivity index (χ3n) is 1.42. The molecule has 0 N–H and O–H groups in total. The van der Waals surface area contributed by atoms with Crippen molar-refractivity contribution in [1.29, 1.82) is 0 Å². The maximum Gasteiger partial charge on any atom is 0.153 e. The number of hydrogen-bond acceptors (Lipinski definition) is 2. The number of hydrogen-bond donors (Lipinski definition) is 0. The van der Waals surface area contributed by atoms with Gasteiger partial charge in [-0.15, -0.1) is 5.92 Å². The van der Waals surface area contributed by atoms with Gasteiger partial charge in [-0.3, -0.25) is 0 Å². The van der Waals surface area contributed by atoms with Gasteiger partial charge in [0.2, 0.25) is 0 Å². The summed E-state index contributed by atoms with van der Waals surface area (Å²) in [5.41, 5.74) is -0.264. The lowest BCUT2D eigenvalue weighted by Crippen LogP contribution is -2.23. The summed E-state index contributed by atoms with van der Waals surface area (Å²) in [7, 11) is 0. The van der Waals surface area contributed by atoms with Gasteiger partial charge in [0.25, 0.3) is 0 Å². The molecule has 0 bridgehead atoms. The Morgan fingerprint density at radius 2 is 1.86 bits per heavy atom. The summed E-state index contributed by atoms with van der Waals surface area (Å²) >= 11 is 0. The number of unbranched alkanes of at least 4 members (excludes halogenated alkanes) is 1. The molecule has 14 heavy (non-hydrogen) atoms. The van der Waals surface area contributed by atoms with E-state index in [2.05, 4.69) is 18.8 Å². The van der Waals surface area contributed by atoms with Gasteiger partial charge in [-0.1, -0.05) is 19.8 Å².